The average Bonchev–Trinajstić information content (AvgIpc) is 2.95. The Morgan fingerprint density at radius 1 is 1.38 bits per heavy atom. The lowest BCUT2D eigenvalue weighted by Crippen LogP contribution is -2.20. The van der Waals surface area contributed by atoms with Gasteiger partial charge in [0.2, 0.25) is 0 Å². The molecule has 1 aromatic carbocycles. The van der Waals surface area contributed by atoms with Crippen molar-refractivity contribution in [2.45, 2.75) is 45.4 Å². The quantitative estimate of drug-likeness (QED) is 0.762. The van der Waals surface area contributed by atoms with Crippen molar-refractivity contribution < 1.29 is 9.53 Å². The van der Waals surface area contributed by atoms with Gasteiger partial charge in [-0.05, 0) is 55.4 Å². The zero-order valence-electron chi connectivity index (χ0n) is 13.9. The molecule has 1 aliphatic carbocycles. The summed E-state index contributed by atoms with van der Waals surface area (Å²) >= 11 is 5.07. The number of carbonyl (C=O) groups excluding carboxylic acids is 1. The van der Waals surface area contributed by atoms with Gasteiger partial charge in [-0.2, -0.15) is 0 Å². The van der Waals surface area contributed by atoms with E-state index in [1.165, 1.54) is 17.7 Å². The molecular formula is C18H21BrN2O2S. The van der Waals surface area contributed by atoms with Crippen LogP contribution >= 0.6 is 27.3 Å². The van der Waals surface area contributed by atoms with E-state index >= 15 is 0 Å². The number of ether oxygens (including phenoxy) is 1. The highest BCUT2D eigenvalue weighted by Crippen LogP contribution is 2.31. The Bertz CT molecular complexity index is 719. The number of halogens is 1. The van der Waals surface area contributed by atoms with E-state index in [2.05, 4.69) is 40.1 Å². The van der Waals surface area contributed by atoms with Gasteiger partial charge in [-0.3, -0.25) is 10.1 Å². The fourth-order valence-corrected chi connectivity index (χ4v) is 4.25. The van der Waals surface area contributed by atoms with Crippen LogP contribution in [0.25, 0.3) is 0 Å². The lowest BCUT2D eigenvalue weighted by Gasteiger charge is -2.14. The highest BCUT2D eigenvalue weighted by atomic mass is 79.9. The topological polar surface area (TPSA) is 51.2 Å². The van der Waals surface area contributed by atoms with Crippen molar-refractivity contribution in [3.63, 3.8) is 0 Å². The monoisotopic (exact) mass is 408 g/mol. The van der Waals surface area contributed by atoms with Crippen molar-refractivity contribution in [1.29, 1.82) is 0 Å². The van der Waals surface area contributed by atoms with Crippen LogP contribution in [0.1, 0.15) is 48.7 Å². The molecule has 24 heavy (non-hydrogen) atoms. The van der Waals surface area contributed by atoms with Crippen molar-refractivity contribution in [2.75, 3.05) is 11.9 Å². The molecule has 0 aliphatic heterocycles. The number of rotatable bonds is 5. The fourth-order valence-electron chi connectivity index (χ4n) is 2.81. The number of anilines is 1. The van der Waals surface area contributed by atoms with Crippen LogP contribution in [-0.4, -0.2) is 17.5 Å². The van der Waals surface area contributed by atoms with E-state index in [1.54, 1.807) is 11.3 Å². The molecule has 128 valence electrons. The molecule has 0 radical (unpaired) electrons. The van der Waals surface area contributed by atoms with Crippen LogP contribution in [-0.2, 0) is 17.6 Å². The van der Waals surface area contributed by atoms with Gasteiger partial charge in [0.05, 0.1) is 5.69 Å². The first-order valence-corrected chi connectivity index (χ1v) is 9.84. The van der Waals surface area contributed by atoms with E-state index in [0.29, 0.717) is 11.0 Å². The number of nitrogens with one attached hydrogen (secondary N) is 1. The lowest BCUT2D eigenvalue weighted by molar-refractivity contribution is -0.118. The van der Waals surface area contributed by atoms with E-state index in [0.717, 1.165) is 34.3 Å². The Kier molecular flexibility index (Phi) is 5.56. The highest BCUT2D eigenvalue weighted by molar-refractivity contribution is 9.10. The SMILES string of the molecule is CC(C)c1cc(Br)ccc1OCC(=O)Nc1nc2c(s1)CCCC2. The summed E-state index contributed by atoms with van der Waals surface area (Å²) in [5.41, 5.74) is 2.24. The number of amides is 1. The molecule has 0 saturated carbocycles. The summed E-state index contributed by atoms with van der Waals surface area (Å²) < 4.78 is 6.74. The number of aryl methyl sites for hydroxylation is 2. The molecular weight excluding hydrogens is 388 g/mol. The van der Waals surface area contributed by atoms with Crippen molar-refractivity contribution >= 4 is 38.3 Å². The molecule has 0 unspecified atom stereocenters. The van der Waals surface area contributed by atoms with Crippen molar-refractivity contribution in [3.8, 4) is 5.75 Å². The summed E-state index contributed by atoms with van der Waals surface area (Å²) in [6.07, 6.45) is 4.51. The molecule has 0 fully saturated rings. The summed E-state index contributed by atoms with van der Waals surface area (Å²) in [5, 5.41) is 3.55. The van der Waals surface area contributed by atoms with Crippen molar-refractivity contribution in [3.05, 3.63) is 38.8 Å². The maximum Gasteiger partial charge on any atom is 0.264 e. The van der Waals surface area contributed by atoms with Gasteiger partial charge in [0.1, 0.15) is 5.75 Å². The average molecular weight is 409 g/mol. The Hall–Kier alpha value is -1.40. The van der Waals surface area contributed by atoms with Crippen LogP contribution < -0.4 is 10.1 Å². The minimum atomic E-state index is -0.168. The van der Waals surface area contributed by atoms with Crippen LogP contribution in [0.3, 0.4) is 0 Å². The molecule has 6 heteroatoms. The third-order valence-electron chi connectivity index (χ3n) is 4.04. The Morgan fingerprint density at radius 3 is 2.92 bits per heavy atom. The lowest BCUT2D eigenvalue weighted by atomic mass is 10.0. The largest absolute Gasteiger partial charge is 0.483 e. The van der Waals surface area contributed by atoms with Gasteiger partial charge in [-0.25, -0.2) is 4.98 Å². The molecule has 4 nitrogen and oxygen atoms in total. The molecule has 0 bridgehead atoms. The maximum absolute atomic E-state index is 12.2. The molecule has 1 heterocycles. The van der Waals surface area contributed by atoms with Gasteiger partial charge in [0.25, 0.3) is 5.91 Å². The van der Waals surface area contributed by atoms with Crippen LogP contribution in [0, 0.1) is 0 Å². The third-order valence-corrected chi connectivity index (χ3v) is 5.61. The second kappa shape index (κ2) is 7.66. The number of fused-ring (bicyclic) bond motifs is 1. The standard InChI is InChI=1S/C18H21BrN2O2S/c1-11(2)13-9-12(19)7-8-15(13)23-10-17(22)21-18-20-14-5-3-4-6-16(14)24-18/h7-9,11H,3-6,10H2,1-2H3,(H,20,21,22). The second-order valence-corrected chi connectivity index (χ2v) is 8.27. The van der Waals surface area contributed by atoms with Gasteiger partial charge >= 0.3 is 0 Å². The summed E-state index contributed by atoms with van der Waals surface area (Å²) in [5.74, 6) is 0.909. The molecule has 2 aromatic rings. The predicted octanol–water partition coefficient (Wildman–Crippen LogP) is 4.93. The summed E-state index contributed by atoms with van der Waals surface area (Å²) in [6, 6.07) is 5.86. The maximum atomic E-state index is 12.2. The molecule has 0 spiro atoms. The fraction of sp³-hybridized carbons (Fsp3) is 0.444. The smallest absolute Gasteiger partial charge is 0.264 e. The highest BCUT2D eigenvalue weighted by Gasteiger charge is 2.17. The zero-order chi connectivity index (χ0) is 17.1. The minimum absolute atomic E-state index is 0.00833. The van der Waals surface area contributed by atoms with Crippen LogP contribution in [0.2, 0.25) is 0 Å². The van der Waals surface area contributed by atoms with Gasteiger partial charge in [-0.1, -0.05) is 29.8 Å². The van der Waals surface area contributed by atoms with E-state index in [-0.39, 0.29) is 12.5 Å². The second-order valence-electron chi connectivity index (χ2n) is 6.27. The first-order chi connectivity index (χ1) is 11.5. The summed E-state index contributed by atoms with van der Waals surface area (Å²) in [4.78, 5) is 18.0. The minimum Gasteiger partial charge on any atom is -0.483 e. The number of hydrogen-bond acceptors (Lipinski definition) is 4. The van der Waals surface area contributed by atoms with E-state index in [9.17, 15) is 4.79 Å². The molecule has 1 aliphatic rings. The van der Waals surface area contributed by atoms with Gasteiger partial charge < -0.3 is 4.74 Å². The zero-order valence-corrected chi connectivity index (χ0v) is 16.3. The number of thiazole rings is 1. The van der Waals surface area contributed by atoms with Gasteiger partial charge in [0, 0.05) is 9.35 Å². The Morgan fingerprint density at radius 2 is 2.17 bits per heavy atom. The van der Waals surface area contributed by atoms with Crippen molar-refractivity contribution in [1.82, 2.24) is 4.98 Å². The number of carbonyl (C=O) groups is 1. The predicted molar refractivity (Wildman–Crippen MR) is 101 cm³/mol. The Labute approximate surface area is 154 Å². The first-order valence-electron chi connectivity index (χ1n) is 8.23. The number of nitrogens with zero attached hydrogens (tertiary/aromatic N) is 1. The number of aromatic nitrogens is 1. The number of hydrogen-bond donors (Lipinski definition) is 1. The Balaban J connectivity index is 1.61. The van der Waals surface area contributed by atoms with E-state index < -0.39 is 0 Å². The van der Waals surface area contributed by atoms with Gasteiger partial charge in [-0.15, -0.1) is 11.3 Å². The third kappa shape index (κ3) is 4.16. The van der Waals surface area contributed by atoms with Crippen LogP contribution in [0.15, 0.2) is 22.7 Å². The normalized spacial score (nSPS) is 13.7. The number of benzene rings is 1. The summed E-state index contributed by atoms with van der Waals surface area (Å²) in [7, 11) is 0. The molecule has 1 N–H and O–H groups in total. The van der Waals surface area contributed by atoms with Crippen LogP contribution in [0.5, 0.6) is 5.75 Å². The van der Waals surface area contributed by atoms with Gasteiger partial charge in [0.15, 0.2) is 11.7 Å². The first kappa shape index (κ1) is 17.4. The van der Waals surface area contributed by atoms with E-state index in [1.807, 2.05) is 18.2 Å². The molecule has 1 aromatic heterocycles. The molecule has 1 amide bonds. The van der Waals surface area contributed by atoms with Crippen molar-refractivity contribution in [2.24, 2.45) is 0 Å². The van der Waals surface area contributed by atoms with Crippen LogP contribution in [0.4, 0.5) is 5.13 Å². The van der Waals surface area contributed by atoms with E-state index in [4.69, 9.17) is 4.74 Å². The molecule has 3 rings (SSSR count). The summed E-state index contributed by atoms with van der Waals surface area (Å²) in [6.45, 7) is 4.20. The molecule has 0 atom stereocenters. The molecule has 0 saturated heterocycles.